The molecule has 3 N–H and O–H groups in total. The lowest BCUT2D eigenvalue weighted by atomic mass is 9.93. The first-order chi connectivity index (χ1) is 13.9. The fourth-order valence-corrected chi connectivity index (χ4v) is 4.59. The van der Waals surface area contributed by atoms with Gasteiger partial charge in [-0.1, -0.05) is 0 Å². The maximum absolute atomic E-state index is 15.5. The summed E-state index contributed by atoms with van der Waals surface area (Å²) in [5.74, 6) is -0.764. The molecular weight excluding hydrogens is 377 g/mol. The minimum absolute atomic E-state index is 0.150. The fraction of sp³-hybridized carbons (Fsp3) is 0.550. The van der Waals surface area contributed by atoms with Crippen molar-refractivity contribution in [1.29, 1.82) is 0 Å². The number of benzene rings is 1. The minimum Gasteiger partial charge on any atom is -0.369 e. The number of nitrogens with two attached hydrogens (primary N) is 1. The van der Waals surface area contributed by atoms with Gasteiger partial charge in [0.25, 0.3) is 0 Å². The van der Waals surface area contributed by atoms with Crippen molar-refractivity contribution < 1.29 is 14.0 Å². The Bertz CT molecular complexity index is 1020. The Morgan fingerprint density at radius 2 is 1.90 bits per heavy atom. The molecule has 2 aromatic rings. The van der Waals surface area contributed by atoms with Gasteiger partial charge in [0, 0.05) is 26.6 Å². The largest absolute Gasteiger partial charge is 0.369 e. The van der Waals surface area contributed by atoms with Crippen LogP contribution < -0.4 is 21.6 Å². The van der Waals surface area contributed by atoms with Gasteiger partial charge in [-0.05, 0) is 50.3 Å². The lowest BCUT2D eigenvalue weighted by Crippen LogP contribution is -2.44. The number of carbonyl (C=O) groups excluding carboxylic acids is 2. The predicted octanol–water partition coefficient (Wildman–Crippen LogP) is 1.02. The SMILES string of the molecule is Cn1c(=O)n(C2CCC(=O)NC2=O)c2ccc(N3CCC(CCN)CC3)c(F)c21. The average Bonchev–Trinajstić information content (AvgIpc) is 2.95. The molecule has 1 aromatic heterocycles. The maximum Gasteiger partial charge on any atom is 0.329 e. The summed E-state index contributed by atoms with van der Waals surface area (Å²) in [6.45, 7) is 2.16. The van der Waals surface area contributed by atoms with Crippen LogP contribution in [0.5, 0.6) is 0 Å². The van der Waals surface area contributed by atoms with E-state index in [9.17, 15) is 14.4 Å². The monoisotopic (exact) mass is 403 g/mol. The summed E-state index contributed by atoms with van der Waals surface area (Å²) in [5, 5.41) is 2.26. The van der Waals surface area contributed by atoms with Gasteiger partial charge in [-0.25, -0.2) is 9.18 Å². The predicted molar refractivity (Wildman–Crippen MR) is 107 cm³/mol. The molecule has 1 unspecified atom stereocenters. The van der Waals surface area contributed by atoms with Crippen LogP contribution in [0.2, 0.25) is 0 Å². The van der Waals surface area contributed by atoms with Gasteiger partial charge < -0.3 is 10.6 Å². The molecule has 1 aromatic carbocycles. The number of piperidine rings is 2. The Hall–Kier alpha value is -2.68. The molecule has 0 spiro atoms. The summed E-state index contributed by atoms with van der Waals surface area (Å²) in [4.78, 5) is 38.6. The van der Waals surface area contributed by atoms with E-state index in [-0.39, 0.29) is 24.3 Å². The highest BCUT2D eigenvalue weighted by Crippen LogP contribution is 2.32. The van der Waals surface area contributed by atoms with Gasteiger partial charge in [-0.2, -0.15) is 0 Å². The summed E-state index contributed by atoms with van der Waals surface area (Å²) in [6.07, 6.45) is 3.29. The molecular formula is C20H26FN5O3. The zero-order valence-corrected chi connectivity index (χ0v) is 16.5. The third-order valence-electron chi connectivity index (χ3n) is 6.21. The number of hydrogen-bond acceptors (Lipinski definition) is 5. The van der Waals surface area contributed by atoms with Crippen molar-refractivity contribution in [3.63, 3.8) is 0 Å². The van der Waals surface area contributed by atoms with Crippen LogP contribution in [0.25, 0.3) is 11.0 Å². The standard InChI is InChI=1S/C20H26FN5O3/c1-24-18-14(26(20(24)29)15-4-5-16(27)23-19(15)28)3-2-13(17(18)21)25-10-7-12(6-9-22)8-11-25/h2-3,12,15H,4-11,22H2,1H3,(H,23,27,28). The third kappa shape index (κ3) is 3.33. The second-order valence-electron chi connectivity index (χ2n) is 7.95. The number of hydrogen-bond donors (Lipinski definition) is 2. The van der Waals surface area contributed by atoms with E-state index in [0.29, 0.717) is 23.7 Å². The number of imide groups is 1. The molecule has 2 aliphatic heterocycles. The molecule has 2 amide bonds. The molecule has 2 fully saturated rings. The number of amides is 2. The molecule has 1 atom stereocenters. The molecule has 9 heteroatoms. The normalized spacial score (nSPS) is 21.1. The Kier molecular flexibility index (Phi) is 5.16. The van der Waals surface area contributed by atoms with Crippen LogP contribution in [0.3, 0.4) is 0 Å². The summed E-state index contributed by atoms with van der Waals surface area (Å²) in [6, 6.07) is 2.56. The van der Waals surface area contributed by atoms with E-state index in [1.165, 1.54) is 16.2 Å². The number of aromatic nitrogens is 2. The molecule has 3 heterocycles. The van der Waals surface area contributed by atoms with E-state index in [1.54, 1.807) is 12.1 Å². The van der Waals surface area contributed by atoms with Crippen LogP contribution in [-0.4, -0.2) is 40.6 Å². The number of halogens is 1. The Morgan fingerprint density at radius 1 is 1.17 bits per heavy atom. The molecule has 0 bridgehead atoms. The number of carbonyl (C=O) groups is 2. The number of rotatable bonds is 4. The van der Waals surface area contributed by atoms with Crippen LogP contribution in [0.1, 0.15) is 38.1 Å². The first-order valence-corrected chi connectivity index (χ1v) is 10.1. The van der Waals surface area contributed by atoms with Crippen molar-refractivity contribution in [1.82, 2.24) is 14.5 Å². The van der Waals surface area contributed by atoms with Crippen molar-refractivity contribution in [2.75, 3.05) is 24.5 Å². The zero-order valence-electron chi connectivity index (χ0n) is 16.5. The van der Waals surface area contributed by atoms with Crippen molar-refractivity contribution in [2.45, 2.75) is 38.1 Å². The van der Waals surface area contributed by atoms with Crippen LogP contribution in [0, 0.1) is 11.7 Å². The molecule has 8 nitrogen and oxygen atoms in total. The molecule has 4 rings (SSSR count). The number of aryl methyl sites for hydroxylation is 1. The number of imidazole rings is 1. The molecule has 2 saturated heterocycles. The molecule has 0 saturated carbocycles. The van der Waals surface area contributed by atoms with Gasteiger partial charge in [-0.3, -0.25) is 24.0 Å². The Balaban J connectivity index is 1.71. The van der Waals surface area contributed by atoms with Crippen molar-refractivity contribution in [2.24, 2.45) is 18.7 Å². The molecule has 29 heavy (non-hydrogen) atoms. The van der Waals surface area contributed by atoms with E-state index >= 15 is 4.39 Å². The highest BCUT2D eigenvalue weighted by Gasteiger charge is 2.32. The minimum atomic E-state index is -0.818. The quantitative estimate of drug-likeness (QED) is 0.742. The van der Waals surface area contributed by atoms with Crippen LogP contribution in [0.15, 0.2) is 16.9 Å². The molecule has 156 valence electrons. The zero-order chi connectivity index (χ0) is 20.7. The second kappa shape index (κ2) is 7.62. The van der Waals surface area contributed by atoms with E-state index in [4.69, 9.17) is 5.73 Å². The van der Waals surface area contributed by atoms with Gasteiger partial charge in [0.15, 0.2) is 5.82 Å². The summed E-state index contributed by atoms with van der Waals surface area (Å²) >= 11 is 0. The number of nitrogens with zero attached hydrogens (tertiary/aromatic N) is 3. The molecule has 0 aliphatic carbocycles. The summed E-state index contributed by atoms with van der Waals surface area (Å²) < 4.78 is 18.0. The highest BCUT2D eigenvalue weighted by atomic mass is 19.1. The Labute approximate surface area is 167 Å². The lowest BCUT2D eigenvalue weighted by molar-refractivity contribution is -0.135. The highest BCUT2D eigenvalue weighted by molar-refractivity contribution is 6.00. The van der Waals surface area contributed by atoms with Crippen molar-refractivity contribution in [3.8, 4) is 0 Å². The van der Waals surface area contributed by atoms with Crippen molar-refractivity contribution >= 4 is 28.5 Å². The number of fused-ring (bicyclic) bond motifs is 1. The van der Waals surface area contributed by atoms with Gasteiger partial charge >= 0.3 is 5.69 Å². The van der Waals surface area contributed by atoms with E-state index in [1.807, 2.05) is 4.90 Å². The third-order valence-corrected chi connectivity index (χ3v) is 6.21. The van der Waals surface area contributed by atoms with Crippen molar-refractivity contribution in [3.05, 3.63) is 28.4 Å². The lowest BCUT2D eigenvalue weighted by Gasteiger charge is -2.33. The van der Waals surface area contributed by atoms with E-state index in [2.05, 4.69) is 5.32 Å². The summed E-state index contributed by atoms with van der Waals surface area (Å²) in [7, 11) is 1.51. The number of nitrogens with one attached hydrogen (secondary N) is 1. The first-order valence-electron chi connectivity index (χ1n) is 10.1. The maximum atomic E-state index is 15.5. The van der Waals surface area contributed by atoms with Crippen LogP contribution in [0.4, 0.5) is 10.1 Å². The van der Waals surface area contributed by atoms with Gasteiger partial charge in [0.2, 0.25) is 11.8 Å². The first kappa shape index (κ1) is 19.6. The van der Waals surface area contributed by atoms with E-state index < -0.39 is 23.5 Å². The fourth-order valence-electron chi connectivity index (χ4n) is 4.59. The number of anilines is 1. The van der Waals surface area contributed by atoms with Crippen LogP contribution >= 0.6 is 0 Å². The molecule has 2 aliphatic rings. The van der Waals surface area contributed by atoms with Gasteiger partial charge in [-0.15, -0.1) is 0 Å². The van der Waals surface area contributed by atoms with E-state index in [0.717, 1.165) is 32.4 Å². The average molecular weight is 403 g/mol. The van der Waals surface area contributed by atoms with Crippen LogP contribution in [-0.2, 0) is 16.6 Å². The summed E-state index contributed by atoms with van der Waals surface area (Å²) in [5.41, 5.74) is 6.20. The van der Waals surface area contributed by atoms with Gasteiger partial charge in [0.1, 0.15) is 11.6 Å². The van der Waals surface area contributed by atoms with Gasteiger partial charge in [0.05, 0.1) is 11.2 Å². The second-order valence-corrected chi connectivity index (χ2v) is 7.95. The molecule has 0 radical (unpaired) electrons. The topological polar surface area (TPSA) is 102 Å². The Morgan fingerprint density at radius 3 is 2.55 bits per heavy atom. The smallest absolute Gasteiger partial charge is 0.329 e.